The fraction of sp³-hybridized carbons (Fsp3) is 0.529. The van der Waals surface area contributed by atoms with Crippen LogP contribution in [0.4, 0.5) is 0 Å². The summed E-state index contributed by atoms with van der Waals surface area (Å²) in [5.41, 5.74) is 0.977. The van der Waals surface area contributed by atoms with Crippen molar-refractivity contribution in [2.75, 3.05) is 13.1 Å². The van der Waals surface area contributed by atoms with Gasteiger partial charge in [-0.25, -0.2) is 0 Å². The molecule has 5 heteroatoms. The van der Waals surface area contributed by atoms with Crippen LogP contribution in [0.2, 0.25) is 0 Å². The largest absolute Gasteiger partial charge is 0.393 e. The maximum atomic E-state index is 9.58. The molecule has 0 radical (unpaired) electrons. The molecule has 22 heavy (non-hydrogen) atoms. The van der Waals surface area contributed by atoms with Crippen LogP contribution < -0.4 is 0 Å². The molecule has 2 unspecified atom stereocenters. The van der Waals surface area contributed by atoms with Crippen LogP contribution in [0.1, 0.15) is 32.1 Å². The van der Waals surface area contributed by atoms with E-state index in [-0.39, 0.29) is 6.10 Å². The third-order valence-corrected chi connectivity index (χ3v) is 4.23. The molecule has 0 bridgehead atoms. The van der Waals surface area contributed by atoms with Gasteiger partial charge in [-0.2, -0.15) is 4.98 Å². The van der Waals surface area contributed by atoms with E-state index in [1.54, 1.807) is 0 Å². The minimum atomic E-state index is -0.237. The number of likely N-dealkylation sites (tertiary alicyclic amines) is 1. The Hall–Kier alpha value is -1.72. The Morgan fingerprint density at radius 2 is 2.18 bits per heavy atom. The Labute approximate surface area is 131 Å². The summed E-state index contributed by atoms with van der Waals surface area (Å²) in [6, 6.07) is 10.4. The molecule has 1 aliphatic heterocycles. The highest BCUT2D eigenvalue weighted by atomic mass is 16.5. The molecule has 1 N–H and O–H groups in total. The summed E-state index contributed by atoms with van der Waals surface area (Å²) in [7, 11) is 0. The van der Waals surface area contributed by atoms with E-state index < -0.39 is 0 Å². The summed E-state index contributed by atoms with van der Waals surface area (Å²) < 4.78 is 5.36. The second-order valence-corrected chi connectivity index (χ2v) is 6.04. The van der Waals surface area contributed by atoms with E-state index in [2.05, 4.69) is 15.0 Å². The highest BCUT2D eigenvalue weighted by molar-refractivity contribution is 5.53. The standard InChI is InChI=1S/C17H23N3O2/c1-13(21)12-15-8-5-10-20(15)11-9-16-18-17(19-22-16)14-6-3-2-4-7-14/h2-4,6-7,13,15,21H,5,8-12H2,1H3. The summed E-state index contributed by atoms with van der Waals surface area (Å²) in [6.07, 6.45) is 3.74. The number of hydrogen-bond donors (Lipinski definition) is 1. The molecular formula is C17H23N3O2. The van der Waals surface area contributed by atoms with Gasteiger partial charge < -0.3 is 9.63 Å². The molecule has 0 spiro atoms. The van der Waals surface area contributed by atoms with Gasteiger partial charge in [0.15, 0.2) is 0 Å². The molecule has 3 rings (SSSR count). The normalized spacial score (nSPS) is 20.4. The molecule has 5 nitrogen and oxygen atoms in total. The number of aliphatic hydroxyl groups excluding tert-OH is 1. The lowest BCUT2D eigenvalue weighted by atomic mass is 10.1. The highest BCUT2D eigenvalue weighted by Crippen LogP contribution is 2.22. The van der Waals surface area contributed by atoms with Crippen LogP contribution in [0.15, 0.2) is 34.9 Å². The average molecular weight is 301 g/mol. The van der Waals surface area contributed by atoms with Crippen LogP contribution in [0.25, 0.3) is 11.4 Å². The fourth-order valence-electron chi connectivity index (χ4n) is 3.15. The highest BCUT2D eigenvalue weighted by Gasteiger charge is 2.25. The third kappa shape index (κ3) is 3.72. The van der Waals surface area contributed by atoms with E-state index >= 15 is 0 Å². The summed E-state index contributed by atoms with van der Waals surface area (Å²) in [5.74, 6) is 1.33. The number of rotatable bonds is 6. The zero-order valence-electron chi connectivity index (χ0n) is 13.0. The summed E-state index contributed by atoms with van der Waals surface area (Å²) in [4.78, 5) is 6.90. The van der Waals surface area contributed by atoms with Crippen molar-refractivity contribution < 1.29 is 9.63 Å². The van der Waals surface area contributed by atoms with E-state index in [1.807, 2.05) is 37.3 Å². The van der Waals surface area contributed by atoms with Gasteiger partial charge >= 0.3 is 0 Å². The molecule has 0 aliphatic carbocycles. The SMILES string of the molecule is CC(O)CC1CCCN1CCc1nc(-c2ccccc2)no1. The van der Waals surface area contributed by atoms with Crippen LogP contribution >= 0.6 is 0 Å². The second-order valence-electron chi connectivity index (χ2n) is 6.04. The van der Waals surface area contributed by atoms with Crippen molar-refractivity contribution in [1.82, 2.24) is 15.0 Å². The lowest BCUT2D eigenvalue weighted by Crippen LogP contribution is -2.33. The Morgan fingerprint density at radius 1 is 1.36 bits per heavy atom. The van der Waals surface area contributed by atoms with Crippen molar-refractivity contribution in [2.45, 2.75) is 44.8 Å². The van der Waals surface area contributed by atoms with Crippen molar-refractivity contribution in [3.63, 3.8) is 0 Å². The van der Waals surface area contributed by atoms with Gasteiger partial charge in [-0.15, -0.1) is 0 Å². The minimum absolute atomic E-state index is 0.237. The molecule has 2 heterocycles. The van der Waals surface area contributed by atoms with E-state index in [9.17, 15) is 5.11 Å². The van der Waals surface area contributed by atoms with Crippen LogP contribution in [0, 0.1) is 0 Å². The van der Waals surface area contributed by atoms with Gasteiger partial charge in [-0.05, 0) is 32.7 Å². The average Bonchev–Trinajstić information content (AvgIpc) is 3.15. The number of nitrogens with zero attached hydrogens (tertiary/aromatic N) is 3. The fourth-order valence-corrected chi connectivity index (χ4v) is 3.15. The first kappa shape index (κ1) is 15.2. The summed E-state index contributed by atoms with van der Waals surface area (Å²) in [5, 5.41) is 13.6. The summed E-state index contributed by atoms with van der Waals surface area (Å²) >= 11 is 0. The number of hydrogen-bond acceptors (Lipinski definition) is 5. The van der Waals surface area contributed by atoms with Crippen molar-refractivity contribution in [1.29, 1.82) is 0 Å². The Bertz CT molecular complexity index is 583. The smallest absolute Gasteiger partial charge is 0.228 e. The molecule has 1 fully saturated rings. The molecule has 0 amide bonds. The van der Waals surface area contributed by atoms with Crippen LogP contribution in [0.5, 0.6) is 0 Å². The Balaban J connectivity index is 1.57. The topological polar surface area (TPSA) is 62.4 Å². The van der Waals surface area contributed by atoms with Crippen molar-refractivity contribution in [3.8, 4) is 11.4 Å². The predicted molar refractivity (Wildman–Crippen MR) is 84.3 cm³/mol. The quantitative estimate of drug-likeness (QED) is 0.888. The molecule has 1 aliphatic rings. The summed E-state index contributed by atoms with van der Waals surface area (Å²) in [6.45, 7) is 3.87. The van der Waals surface area contributed by atoms with Crippen molar-refractivity contribution in [2.24, 2.45) is 0 Å². The van der Waals surface area contributed by atoms with E-state index in [0.29, 0.717) is 17.8 Å². The van der Waals surface area contributed by atoms with Crippen molar-refractivity contribution in [3.05, 3.63) is 36.2 Å². The molecule has 1 aromatic carbocycles. The van der Waals surface area contributed by atoms with Gasteiger partial charge in [0.2, 0.25) is 11.7 Å². The number of aliphatic hydroxyl groups is 1. The first-order chi connectivity index (χ1) is 10.7. The zero-order valence-corrected chi connectivity index (χ0v) is 13.0. The second kappa shape index (κ2) is 7.03. The zero-order chi connectivity index (χ0) is 15.4. The van der Waals surface area contributed by atoms with Crippen LogP contribution in [-0.4, -0.2) is 45.4 Å². The molecule has 1 aromatic heterocycles. The van der Waals surface area contributed by atoms with Crippen LogP contribution in [-0.2, 0) is 6.42 Å². The van der Waals surface area contributed by atoms with E-state index in [4.69, 9.17) is 4.52 Å². The van der Waals surface area contributed by atoms with Gasteiger partial charge in [0.25, 0.3) is 0 Å². The van der Waals surface area contributed by atoms with Gasteiger partial charge in [0.1, 0.15) is 0 Å². The maximum absolute atomic E-state index is 9.58. The minimum Gasteiger partial charge on any atom is -0.393 e. The first-order valence-electron chi connectivity index (χ1n) is 8.02. The van der Waals surface area contributed by atoms with Gasteiger partial charge in [-0.1, -0.05) is 35.5 Å². The Morgan fingerprint density at radius 3 is 2.95 bits per heavy atom. The van der Waals surface area contributed by atoms with Gasteiger partial charge in [0.05, 0.1) is 6.10 Å². The van der Waals surface area contributed by atoms with Gasteiger partial charge in [-0.3, -0.25) is 4.90 Å². The molecule has 1 saturated heterocycles. The lowest BCUT2D eigenvalue weighted by molar-refractivity contribution is 0.133. The molecule has 2 aromatic rings. The molecular weight excluding hydrogens is 278 g/mol. The molecule has 0 saturated carbocycles. The van der Waals surface area contributed by atoms with Crippen LogP contribution in [0.3, 0.4) is 0 Å². The van der Waals surface area contributed by atoms with E-state index in [1.165, 1.54) is 12.8 Å². The van der Waals surface area contributed by atoms with Gasteiger partial charge in [0, 0.05) is 24.6 Å². The maximum Gasteiger partial charge on any atom is 0.228 e. The lowest BCUT2D eigenvalue weighted by Gasteiger charge is -2.24. The number of benzene rings is 1. The van der Waals surface area contributed by atoms with E-state index in [0.717, 1.165) is 31.5 Å². The molecule has 118 valence electrons. The monoisotopic (exact) mass is 301 g/mol. The number of aromatic nitrogens is 2. The first-order valence-corrected chi connectivity index (χ1v) is 8.02. The Kier molecular flexibility index (Phi) is 4.85. The molecule has 2 atom stereocenters. The predicted octanol–water partition coefficient (Wildman–Crippen LogP) is 2.51. The van der Waals surface area contributed by atoms with Crippen molar-refractivity contribution >= 4 is 0 Å². The third-order valence-electron chi connectivity index (χ3n) is 4.23.